The number of carbonyl (C=O) groups excluding carboxylic acids is 1. The molecule has 1 aromatic heterocycles. The van der Waals surface area contributed by atoms with Crippen molar-refractivity contribution in [3.8, 4) is 11.8 Å². The molecule has 1 rings (SSSR count). The Morgan fingerprint density at radius 1 is 1.38 bits per heavy atom. The van der Waals surface area contributed by atoms with Crippen molar-refractivity contribution >= 4 is 15.7 Å². The number of nitrogens with zero attached hydrogens (tertiary/aromatic N) is 1. The first-order valence-electron chi connectivity index (χ1n) is 7.51. The molecule has 0 saturated heterocycles. The van der Waals surface area contributed by atoms with E-state index in [1.54, 1.807) is 19.9 Å². The summed E-state index contributed by atoms with van der Waals surface area (Å²) in [4.78, 5) is 11.5. The van der Waals surface area contributed by atoms with E-state index in [1.807, 2.05) is 0 Å². The van der Waals surface area contributed by atoms with E-state index < -0.39 is 26.1 Å². The van der Waals surface area contributed by atoms with Crippen LogP contribution in [0, 0.1) is 11.8 Å². The number of hydrogen-bond donors (Lipinski definition) is 2. The maximum Gasteiger partial charge on any atom is 0.238 e. The number of rotatable bonds is 7. The van der Waals surface area contributed by atoms with Gasteiger partial charge in [0.15, 0.2) is 9.84 Å². The van der Waals surface area contributed by atoms with Gasteiger partial charge in [0.2, 0.25) is 11.7 Å². The number of carbonyl (C=O) groups is 1. The highest BCUT2D eigenvalue weighted by Crippen LogP contribution is 2.22. The molecule has 1 amide bonds. The van der Waals surface area contributed by atoms with Gasteiger partial charge in [-0.3, -0.25) is 4.79 Å². The minimum atomic E-state index is -3.64. The molecule has 0 aliphatic rings. The van der Waals surface area contributed by atoms with Crippen LogP contribution in [0.15, 0.2) is 10.6 Å². The minimum Gasteiger partial charge on any atom is -0.390 e. The minimum absolute atomic E-state index is 0.0132. The molecule has 0 aliphatic heterocycles. The quantitative estimate of drug-likeness (QED) is 0.697. The number of nitrogens with two attached hydrogens (primary N) is 1. The highest BCUT2D eigenvalue weighted by molar-refractivity contribution is 7.92. The Morgan fingerprint density at radius 2 is 2.00 bits per heavy atom. The highest BCUT2D eigenvalue weighted by Gasteiger charge is 2.41. The molecule has 1 atom stereocenters. The van der Waals surface area contributed by atoms with Crippen molar-refractivity contribution in [2.75, 3.05) is 6.26 Å². The fraction of sp³-hybridized carbons (Fsp3) is 0.625. The molecule has 0 fully saturated rings. The summed E-state index contributed by atoms with van der Waals surface area (Å²) in [5.74, 6) is 5.12. The van der Waals surface area contributed by atoms with Crippen molar-refractivity contribution < 1.29 is 22.8 Å². The third-order valence-electron chi connectivity index (χ3n) is 3.83. The Kier molecular flexibility index (Phi) is 6.20. The van der Waals surface area contributed by atoms with E-state index in [4.69, 9.17) is 10.3 Å². The molecule has 0 bridgehead atoms. The third kappa shape index (κ3) is 5.65. The second kappa shape index (κ2) is 7.36. The molecule has 0 aliphatic carbocycles. The van der Waals surface area contributed by atoms with Gasteiger partial charge in [0.05, 0.1) is 11.3 Å². The summed E-state index contributed by atoms with van der Waals surface area (Å²) in [5, 5.41) is 13.4. The van der Waals surface area contributed by atoms with E-state index >= 15 is 0 Å². The molecular formula is C16H24N2O5S. The number of sulfone groups is 1. The van der Waals surface area contributed by atoms with Gasteiger partial charge in [-0.25, -0.2) is 8.42 Å². The Balaban J connectivity index is 2.71. The summed E-state index contributed by atoms with van der Waals surface area (Å²) < 4.78 is 27.0. The van der Waals surface area contributed by atoms with Crippen molar-refractivity contribution in [1.82, 2.24) is 5.16 Å². The topological polar surface area (TPSA) is 123 Å². The molecule has 0 aromatic carbocycles. The van der Waals surface area contributed by atoms with Gasteiger partial charge in [0.25, 0.3) is 0 Å². The van der Waals surface area contributed by atoms with Crippen LogP contribution in [0.3, 0.4) is 0 Å². The molecule has 1 heterocycles. The van der Waals surface area contributed by atoms with Crippen molar-refractivity contribution in [3.63, 3.8) is 0 Å². The number of hydrogen-bond acceptors (Lipinski definition) is 6. The van der Waals surface area contributed by atoms with Crippen LogP contribution in [-0.2, 0) is 21.1 Å². The number of aliphatic hydroxyl groups is 1. The summed E-state index contributed by atoms with van der Waals surface area (Å²) in [7, 11) is -3.64. The lowest BCUT2D eigenvalue weighted by Crippen LogP contribution is -2.47. The lowest BCUT2D eigenvalue weighted by Gasteiger charge is -2.23. The van der Waals surface area contributed by atoms with Crippen molar-refractivity contribution in [2.45, 2.75) is 56.8 Å². The summed E-state index contributed by atoms with van der Waals surface area (Å²) in [6, 6.07) is 1.60. The van der Waals surface area contributed by atoms with Crippen LogP contribution in [0.4, 0.5) is 0 Å². The summed E-state index contributed by atoms with van der Waals surface area (Å²) in [6.45, 7) is 4.72. The van der Waals surface area contributed by atoms with Gasteiger partial charge in [0.1, 0.15) is 4.75 Å². The predicted molar refractivity (Wildman–Crippen MR) is 89.7 cm³/mol. The van der Waals surface area contributed by atoms with E-state index in [0.29, 0.717) is 24.3 Å². The van der Waals surface area contributed by atoms with Gasteiger partial charge in [-0.1, -0.05) is 11.1 Å². The van der Waals surface area contributed by atoms with Gasteiger partial charge in [-0.2, -0.15) is 0 Å². The third-order valence-corrected chi connectivity index (χ3v) is 5.87. The van der Waals surface area contributed by atoms with E-state index in [0.717, 1.165) is 6.26 Å². The Labute approximate surface area is 142 Å². The maximum absolute atomic E-state index is 11.8. The first-order chi connectivity index (χ1) is 10.8. The maximum atomic E-state index is 11.8. The molecule has 8 heteroatoms. The zero-order valence-electron chi connectivity index (χ0n) is 14.4. The molecule has 7 nitrogen and oxygen atoms in total. The lowest BCUT2D eigenvalue weighted by atomic mass is 10.0. The second-order valence-electron chi connectivity index (χ2n) is 6.66. The molecular weight excluding hydrogens is 332 g/mol. The molecule has 0 unspecified atom stereocenters. The Morgan fingerprint density at radius 3 is 2.50 bits per heavy atom. The predicted octanol–water partition coefficient (Wildman–Crippen LogP) is 0.798. The zero-order valence-corrected chi connectivity index (χ0v) is 15.2. The molecule has 3 N–H and O–H groups in total. The molecule has 0 saturated carbocycles. The van der Waals surface area contributed by atoms with Gasteiger partial charge >= 0.3 is 0 Å². The monoisotopic (exact) mass is 356 g/mol. The number of aryl methyl sites for hydroxylation is 1. The van der Waals surface area contributed by atoms with Crippen molar-refractivity contribution in [2.24, 2.45) is 5.73 Å². The van der Waals surface area contributed by atoms with Crippen LogP contribution in [0.25, 0.3) is 0 Å². The molecule has 1 aromatic rings. The van der Waals surface area contributed by atoms with Crippen LogP contribution < -0.4 is 5.73 Å². The van der Waals surface area contributed by atoms with Crippen molar-refractivity contribution in [1.29, 1.82) is 0 Å². The Hall–Kier alpha value is -1.85. The fourth-order valence-corrected chi connectivity index (χ4v) is 2.70. The normalized spacial score (nSPS) is 14.5. The largest absolute Gasteiger partial charge is 0.390 e. The van der Waals surface area contributed by atoms with Crippen LogP contribution in [0.5, 0.6) is 0 Å². The Bertz CT molecular complexity index is 749. The summed E-state index contributed by atoms with van der Waals surface area (Å²) >= 11 is 0. The smallest absolute Gasteiger partial charge is 0.238 e. The van der Waals surface area contributed by atoms with E-state index in [-0.39, 0.29) is 12.8 Å². The van der Waals surface area contributed by atoms with Crippen LogP contribution >= 0.6 is 0 Å². The number of primary amides is 1. The summed E-state index contributed by atoms with van der Waals surface area (Å²) in [5.41, 5.74) is 4.96. The first-order valence-corrected chi connectivity index (χ1v) is 9.41. The van der Waals surface area contributed by atoms with Gasteiger partial charge in [-0.15, -0.1) is 0 Å². The van der Waals surface area contributed by atoms with Crippen molar-refractivity contribution in [3.05, 3.63) is 17.5 Å². The molecule has 0 spiro atoms. The second-order valence-corrected chi connectivity index (χ2v) is 9.11. The number of amides is 1. The SMILES string of the molecule is CC(C)(O)CCC#Cc1cc(CC[C@](C)(C(N)=O)S(C)(=O)=O)no1. The van der Waals surface area contributed by atoms with Crippen LogP contribution in [0.1, 0.15) is 51.5 Å². The molecule has 24 heavy (non-hydrogen) atoms. The van der Waals surface area contributed by atoms with Gasteiger partial charge in [-0.05, 0) is 46.0 Å². The fourth-order valence-electron chi connectivity index (χ4n) is 1.86. The highest BCUT2D eigenvalue weighted by atomic mass is 32.2. The standard InChI is InChI=1S/C16H24N2O5S/c1-15(2,20)9-6-5-7-13-11-12(18-23-13)8-10-16(3,14(17)19)24(4,21)22/h11,20H,6,8-10H2,1-4H3,(H2,17,19)/t16-/m1/s1. The van der Waals surface area contributed by atoms with E-state index in [1.165, 1.54) is 6.92 Å². The zero-order chi connectivity index (χ0) is 18.6. The van der Waals surface area contributed by atoms with Gasteiger partial charge in [0, 0.05) is 18.7 Å². The van der Waals surface area contributed by atoms with Crippen LogP contribution in [0.2, 0.25) is 0 Å². The van der Waals surface area contributed by atoms with Gasteiger partial charge < -0.3 is 15.4 Å². The molecule has 0 radical (unpaired) electrons. The lowest BCUT2D eigenvalue weighted by molar-refractivity contribution is -0.120. The average molecular weight is 356 g/mol. The summed E-state index contributed by atoms with van der Waals surface area (Å²) in [6.07, 6.45) is 2.26. The number of aromatic nitrogens is 1. The average Bonchev–Trinajstić information content (AvgIpc) is 2.86. The first kappa shape index (κ1) is 20.2. The molecule has 134 valence electrons. The van der Waals surface area contributed by atoms with Crippen LogP contribution in [-0.4, -0.2) is 41.2 Å². The van der Waals surface area contributed by atoms with E-state index in [2.05, 4.69) is 17.0 Å². The van der Waals surface area contributed by atoms with E-state index in [9.17, 15) is 18.3 Å².